The van der Waals surface area contributed by atoms with Gasteiger partial charge in [-0.15, -0.1) is 0 Å². The second kappa shape index (κ2) is 4.65. The van der Waals surface area contributed by atoms with Gasteiger partial charge in [0.1, 0.15) is 11.6 Å². The molecule has 1 aliphatic carbocycles. The first-order valence-corrected chi connectivity index (χ1v) is 7.06. The molecule has 0 radical (unpaired) electrons. The van der Waals surface area contributed by atoms with Crippen LogP contribution in [-0.4, -0.2) is 4.98 Å². The lowest BCUT2D eigenvalue weighted by Crippen LogP contribution is -2.29. The van der Waals surface area contributed by atoms with E-state index < -0.39 is 11.6 Å². The summed E-state index contributed by atoms with van der Waals surface area (Å²) < 4.78 is 27.7. The van der Waals surface area contributed by atoms with E-state index in [-0.39, 0.29) is 17.9 Å². The number of allylic oxidation sites excluding steroid dienone is 2. The molecule has 106 valence electrons. The summed E-state index contributed by atoms with van der Waals surface area (Å²) in [6.45, 7) is 0. The number of hydrogen-bond donors (Lipinski definition) is 1. The number of hydrogen-bond acceptors (Lipinski definition) is 2. The highest BCUT2D eigenvalue weighted by Gasteiger charge is 2.39. The Morgan fingerprint density at radius 2 is 1.95 bits per heavy atom. The fraction of sp³-hybridized carbons (Fsp3) is 0.235. The van der Waals surface area contributed by atoms with Crippen LogP contribution >= 0.6 is 0 Å². The number of benzene rings is 1. The molecule has 1 aromatic carbocycles. The number of pyridine rings is 1. The molecule has 2 nitrogen and oxygen atoms in total. The molecule has 2 aliphatic rings. The molecular formula is C17H14F2N2. The number of nitrogens with zero attached hydrogens (tertiary/aromatic N) is 1. The second-order valence-electron chi connectivity index (χ2n) is 5.61. The third-order valence-corrected chi connectivity index (χ3v) is 4.45. The summed E-state index contributed by atoms with van der Waals surface area (Å²) >= 11 is 0. The monoisotopic (exact) mass is 284 g/mol. The molecule has 1 aliphatic heterocycles. The van der Waals surface area contributed by atoms with E-state index in [1.54, 1.807) is 12.4 Å². The van der Waals surface area contributed by atoms with Crippen LogP contribution in [0.15, 0.2) is 48.8 Å². The van der Waals surface area contributed by atoms with Gasteiger partial charge in [0.2, 0.25) is 0 Å². The lowest BCUT2D eigenvalue weighted by atomic mass is 9.77. The van der Waals surface area contributed by atoms with Crippen molar-refractivity contribution in [2.24, 2.45) is 5.92 Å². The Hall–Kier alpha value is -2.23. The van der Waals surface area contributed by atoms with Crippen LogP contribution in [0.1, 0.15) is 29.5 Å². The summed E-state index contributed by atoms with van der Waals surface area (Å²) in [7, 11) is 0. The Kier molecular flexibility index (Phi) is 2.77. The van der Waals surface area contributed by atoms with E-state index in [4.69, 9.17) is 0 Å². The predicted molar refractivity (Wildman–Crippen MR) is 76.9 cm³/mol. The van der Waals surface area contributed by atoms with Gasteiger partial charge in [-0.2, -0.15) is 0 Å². The predicted octanol–water partition coefficient (Wildman–Crippen LogP) is 4.19. The topological polar surface area (TPSA) is 24.9 Å². The summed E-state index contributed by atoms with van der Waals surface area (Å²) in [6.07, 6.45) is 8.55. The maximum Gasteiger partial charge on any atom is 0.149 e. The van der Waals surface area contributed by atoms with Gasteiger partial charge in [0.15, 0.2) is 0 Å². The lowest BCUT2D eigenvalue weighted by molar-refractivity contribution is 0.418. The molecule has 21 heavy (non-hydrogen) atoms. The van der Waals surface area contributed by atoms with Gasteiger partial charge in [-0.1, -0.05) is 12.2 Å². The largest absolute Gasteiger partial charge is 0.375 e. The Balaban J connectivity index is 1.84. The second-order valence-corrected chi connectivity index (χ2v) is 5.61. The average molecular weight is 284 g/mol. The van der Waals surface area contributed by atoms with Gasteiger partial charge in [0, 0.05) is 24.4 Å². The maximum atomic E-state index is 14.1. The molecule has 0 bridgehead atoms. The van der Waals surface area contributed by atoms with E-state index in [0.29, 0.717) is 5.69 Å². The van der Waals surface area contributed by atoms with E-state index in [1.165, 1.54) is 6.07 Å². The minimum absolute atomic E-state index is 0.0143. The molecule has 0 unspecified atom stereocenters. The normalized spacial score (nSPS) is 26.1. The third-order valence-electron chi connectivity index (χ3n) is 4.45. The molecular weight excluding hydrogens is 270 g/mol. The van der Waals surface area contributed by atoms with Crippen LogP contribution in [0, 0.1) is 17.6 Å². The average Bonchev–Trinajstić information content (AvgIpc) is 2.97. The van der Waals surface area contributed by atoms with Gasteiger partial charge < -0.3 is 5.32 Å². The minimum Gasteiger partial charge on any atom is -0.375 e. The molecule has 0 fully saturated rings. The SMILES string of the molecule is Fc1cc(F)c2c(c1)[C@H]1C=CC[C@@H]1[C@@H](c1ccncc1)N2. The van der Waals surface area contributed by atoms with Gasteiger partial charge in [0.25, 0.3) is 0 Å². The van der Waals surface area contributed by atoms with Crippen molar-refractivity contribution in [1.29, 1.82) is 0 Å². The zero-order valence-electron chi connectivity index (χ0n) is 11.3. The molecule has 4 rings (SSSR count). The van der Waals surface area contributed by atoms with E-state index in [2.05, 4.69) is 22.5 Å². The van der Waals surface area contributed by atoms with Gasteiger partial charge >= 0.3 is 0 Å². The van der Waals surface area contributed by atoms with Crippen molar-refractivity contribution in [3.05, 3.63) is 71.6 Å². The van der Waals surface area contributed by atoms with E-state index in [1.807, 2.05) is 12.1 Å². The van der Waals surface area contributed by atoms with Crippen molar-refractivity contribution in [3.8, 4) is 0 Å². The fourth-order valence-electron chi connectivity index (χ4n) is 3.52. The van der Waals surface area contributed by atoms with Crippen LogP contribution in [-0.2, 0) is 0 Å². The van der Waals surface area contributed by atoms with Crippen LogP contribution in [0.3, 0.4) is 0 Å². The summed E-state index contributed by atoms with van der Waals surface area (Å²) in [5.41, 5.74) is 2.22. The van der Waals surface area contributed by atoms with Crippen molar-refractivity contribution in [2.45, 2.75) is 18.4 Å². The molecule has 4 heteroatoms. The molecule has 3 atom stereocenters. The van der Waals surface area contributed by atoms with Gasteiger partial charge in [-0.05, 0) is 41.7 Å². The Morgan fingerprint density at radius 3 is 2.76 bits per heavy atom. The standard InChI is InChI=1S/C17H14F2N2/c18-11-8-14-12-2-1-3-13(12)16(10-4-6-20-7-5-10)21-17(14)15(19)9-11/h1-2,4-9,12-13,16,21H,3H2/t12-,13-,16+/m0/s1. The Bertz CT molecular complexity index is 712. The van der Waals surface area contributed by atoms with Crippen molar-refractivity contribution in [3.63, 3.8) is 0 Å². The highest BCUT2D eigenvalue weighted by molar-refractivity contribution is 5.60. The first kappa shape index (κ1) is 12.5. The number of halogens is 2. The molecule has 1 N–H and O–H groups in total. The summed E-state index contributed by atoms with van der Waals surface area (Å²) in [5.74, 6) is -0.706. The van der Waals surface area contributed by atoms with Gasteiger partial charge in [0.05, 0.1) is 11.7 Å². The van der Waals surface area contributed by atoms with Crippen LogP contribution in [0.4, 0.5) is 14.5 Å². The molecule has 2 aromatic rings. The molecule has 2 heterocycles. The quantitative estimate of drug-likeness (QED) is 0.794. The van der Waals surface area contributed by atoms with E-state index in [0.717, 1.165) is 23.6 Å². The maximum absolute atomic E-state index is 14.1. The highest BCUT2D eigenvalue weighted by atomic mass is 19.1. The van der Waals surface area contributed by atoms with Crippen LogP contribution in [0.2, 0.25) is 0 Å². The fourth-order valence-corrected chi connectivity index (χ4v) is 3.52. The van der Waals surface area contributed by atoms with Crippen molar-refractivity contribution >= 4 is 5.69 Å². The summed E-state index contributed by atoms with van der Waals surface area (Å²) in [6, 6.07) is 6.29. The van der Waals surface area contributed by atoms with E-state index >= 15 is 0 Å². The number of aromatic nitrogens is 1. The smallest absolute Gasteiger partial charge is 0.149 e. The van der Waals surface area contributed by atoms with Crippen LogP contribution < -0.4 is 5.32 Å². The van der Waals surface area contributed by atoms with Crippen molar-refractivity contribution in [1.82, 2.24) is 4.98 Å². The lowest BCUT2D eigenvalue weighted by Gasteiger charge is -2.37. The minimum atomic E-state index is -0.525. The Morgan fingerprint density at radius 1 is 1.14 bits per heavy atom. The zero-order valence-corrected chi connectivity index (χ0v) is 11.3. The van der Waals surface area contributed by atoms with Crippen molar-refractivity contribution in [2.75, 3.05) is 5.32 Å². The number of nitrogens with one attached hydrogen (secondary N) is 1. The van der Waals surface area contributed by atoms with Gasteiger partial charge in [-0.3, -0.25) is 4.98 Å². The molecule has 0 spiro atoms. The number of anilines is 1. The van der Waals surface area contributed by atoms with Crippen LogP contribution in [0.5, 0.6) is 0 Å². The summed E-state index contributed by atoms with van der Waals surface area (Å²) in [5, 5.41) is 3.27. The first-order valence-electron chi connectivity index (χ1n) is 7.06. The number of fused-ring (bicyclic) bond motifs is 3. The molecule has 0 saturated heterocycles. The van der Waals surface area contributed by atoms with Gasteiger partial charge in [-0.25, -0.2) is 8.78 Å². The molecule has 0 saturated carbocycles. The summed E-state index contributed by atoms with van der Waals surface area (Å²) in [4.78, 5) is 4.03. The van der Waals surface area contributed by atoms with E-state index in [9.17, 15) is 8.78 Å². The van der Waals surface area contributed by atoms with Crippen LogP contribution in [0.25, 0.3) is 0 Å². The van der Waals surface area contributed by atoms with Crippen molar-refractivity contribution < 1.29 is 8.78 Å². The number of rotatable bonds is 1. The molecule has 1 aromatic heterocycles. The zero-order chi connectivity index (χ0) is 14.4. The molecule has 0 amide bonds. The first-order chi connectivity index (χ1) is 10.2. The highest BCUT2D eigenvalue weighted by Crippen LogP contribution is 2.50. The third kappa shape index (κ3) is 1.94. The Labute approximate surface area is 121 Å².